The first-order valence-electron chi connectivity index (χ1n) is 5.98. The first-order chi connectivity index (χ1) is 9.38. The second kappa shape index (κ2) is 6.55. The molecule has 0 radical (unpaired) electrons. The highest BCUT2D eigenvalue weighted by Crippen LogP contribution is 2.03. The predicted octanol–water partition coefficient (Wildman–Crippen LogP) is -0.221. The molecule has 106 valence electrons. The fourth-order valence-electron chi connectivity index (χ4n) is 1.59. The Morgan fingerprint density at radius 2 is 1.30 bits per heavy atom. The third kappa shape index (κ3) is 3.47. The molecule has 0 unspecified atom stereocenters. The molecule has 0 N–H and O–H groups in total. The number of rotatable bonds is 2. The molecule has 0 saturated heterocycles. The van der Waals surface area contributed by atoms with Crippen LogP contribution < -0.4 is 0 Å². The van der Waals surface area contributed by atoms with Crippen molar-refractivity contribution in [2.45, 2.75) is 20.3 Å². The van der Waals surface area contributed by atoms with Gasteiger partial charge in [0.25, 0.3) is 23.6 Å². The zero-order valence-electron chi connectivity index (χ0n) is 11.2. The lowest BCUT2D eigenvalue weighted by atomic mass is 10.4. The Morgan fingerprint density at radius 3 is 1.60 bits per heavy atom. The molecule has 0 bridgehead atoms. The Hall–Kier alpha value is -2.57. The van der Waals surface area contributed by atoms with Crippen LogP contribution >= 0.6 is 0 Å². The van der Waals surface area contributed by atoms with Crippen LogP contribution in [-0.4, -0.2) is 45.9 Å². The van der Waals surface area contributed by atoms with Gasteiger partial charge in [-0.15, -0.1) is 0 Å². The first kappa shape index (κ1) is 15.5. The molecular formula is C13H14N2O5. The Morgan fingerprint density at radius 1 is 0.900 bits per heavy atom. The topological polar surface area (TPSA) is 91.8 Å². The Labute approximate surface area is 115 Å². The summed E-state index contributed by atoms with van der Waals surface area (Å²) in [5, 5.41) is 0. The summed E-state index contributed by atoms with van der Waals surface area (Å²) in [5.74, 6) is -2.03. The number of hydrogen-bond donors (Lipinski definition) is 0. The summed E-state index contributed by atoms with van der Waals surface area (Å²) in [6, 6.07) is 0. The molecule has 7 nitrogen and oxygen atoms in total. The van der Waals surface area contributed by atoms with Crippen LogP contribution in [0.25, 0.3) is 0 Å². The van der Waals surface area contributed by atoms with E-state index in [0.29, 0.717) is 11.4 Å². The molecule has 0 fully saturated rings. The molecule has 0 aliphatic carbocycles. The smallest absolute Gasteiger partial charge is 0.260 e. The summed E-state index contributed by atoms with van der Waals surface area (Å²) in [7, 11) is 0. The lowest BCUT2D eigenvalue weighted by molar-refractivity contribution is -0.147. The maximum atomic E-state index is 10.8. The van der Waals surface area contributed by atoms with E-state index in [1.54, 1.807) is 0 Å². The van der Waals surface area contributed by atoms with Crippen molar-refractivity contribution in [3.63, 3.8) is 0 Å². The van der Waals surface area contributed by atoms with E-state index in [9.17, 15) is 24.0 Å². The molecule has 2 rings (SSSR count). The van der Waals surface area contributed by atoms with Gasteiger partial charge in [-0.3, -0.25) is 28.9 Å². The molecule has 7 heteroatoms. The van der Waals surface area contributed by atoms with Crippen LogP contribution in [0.4, 0.5) is 0 Å². The van der Waals surface area contributed by atoms with Crippen molar-refractivity contribution in [2.75, 3.05) is 6.54 Å². The third-order valence-corrected chi connectivity index (χ3v) is 2.47. The second-order valence-electron chi connectivity index (χ2n) is 4.03. The van der Waals surface area contributed by atoms with Gasteiger partial charge in [-0.05, 0) is 6.42 Å². The zero-order chi connectivity index (χ0) is 15.3. The van der Waals surface area contributed by atoms with Gasteiger partial charge in [-0.1, -0.05) is 6.92 Å². The molecule has 2 aliphatic rings. The highest BCUT2D eigenvalue weighted by Gasteiger charge is 2.26. The summed E-state index contributed by atoms with van der Waals surface area (Å²) in [4.78, 5) is 55.2. The molecule has 20 heavy (non-hydrogen) atoms. The van der Waals surface area contributed by atoms with E-state index in [1.165, 1.54) is 24.0 Å². The number of carbonyl (C=O) groups is 5. The van der Waals surface area contributed by atoms with Gasteiger partial charge in [0.05, 0.1) is 0 Å². The van der Waals surface area contributed by atoms with Crippen LogP contribution in [0, 0.1) is 0 Å². The van der Waals surface area contributed by atoms with Crippen LogP contribution in [0.2, 0.25) is 0 Å². The zero-order valence-corrected chi connectivity index (χ0v) is 11.2. The highest BCUT2D eigenvalue weighted by atomic mass is 16.2. The lowest BCUT2D eigenvalue weighted by Gasteiger charge is -2.10. The van der Waals surface area contributed by atoms with E-state index in [1.807, 2.05) is 6.92 Å². The van der Waals surface area contributed by atoms with E-state index in [4.69, 9.17) is 0 Å². The number of hydrogen-bond acceptors (Lipinski definition) is 5. The maximum Gasteiger partial charge on any atom is 0.260 e. The molecule has 0 aromatic carbocycles. The van der Waals surface area contributed by atoms with E-state index in [-0.39, 0.29) is 11.8 Å². The van der Waals surface area contributed by atoms with Gasteiger partial charge in [-0.2, -0.15) is 0 Å². The van der Waals surface area contributed by atoms with E-state index >= 15 is 0 Å². The Kier molecular flexibility index (Phi) is 5.08. The number of carbonyl (C=O) groups excluding carboxylic acids is 5. The molecule has 0 spiro atoms. The van der Waals surface area contributed by atoms with Crippen molar-refractivity contribution in [1.82, 2.24) is 9.80 Å². The van der Waals surface area contributed by atoms with Crippen LogP contribution in [-0.2, 0) is 24.0 Å². The number of imide groups is 4. The van der Waals surface area contributed by atoms with Crippen LogP contribution in [0.5, 0.6) is 0 Å². The molecule has 0 aromatic rings. The molecule has 2 heterocycles. The number of amides is 5. The molecule has 0 atom stereocenters. The first-order valence-corrected chi connectivity index (χ1v) is 5.98. The monoisotopic (exact) mass is 278 g/mol. The van der Waals surface area contributed by atoms with Crippen molar-refractivity contribution in [2.24, 2.45) is 0 Å². The quantitative estimate of drug-likeness (QED) is 0.651. The third-order valence-electron chi connectivity index (χ3n) is 2.47. The van der Waals surface area contributed by atoms with Gasteiger partial charge in [-0.25, -0.2) is 4.90 Å². The standard InChI is InChI=1S/C7H9NO2.C6H5NO3/c1-2-5-8-6(9)3-4-7(8)10;1-4(8)7-5(9)2-3-6(7)10/h3-4H,2,5H2,1H3;2-3H,1H3. The largest absolute Gasteiger partial charge is 0.275 e. The second-order valence-corrected chi connectivity index (χ2v) is 4.03. The van der Waals surface area contributed by atoms with E-state index in [2.05, 4.69) is 0 Å². The van der Waals surface area contributed by atoms with Crippen molar-refractivity contribution in [1.29, 1.82) is 0 Å². The maximum absolute atomic E-state index is 10.8. The molecule has 2 aliphatic heterocycles. The van der Waals surface area contributed by atoms with Crippen molar-refractivity contribution in [3.8, 4) is 0 Å². The normalized spacial score (nSPS) is 16.9. The van der Waals surface area contributed by atoms with Gasteiger partial charge in [0.15, 0.2) is 0 Å². The Balaban J connectivity index is 0.000000200. The predicted molar refractivity (Wildman–Crippen MR) is 67.8 cm³/mol. The summed E-state index contributed by atoms with van der Waals surface area (Å²) in [5.41, 5.74) is 0. The Bertz CT molecular complexity index is 497. The summed E-state index contributed by atoms with van der Waals surface area (Å²) in [6.07, 6.45) is 5.57. The van der Waals surface area contributed by atoms with E-state index in [0.717, 1.165) is 18.6 Å². The van der Waals surface area contributed by atoms with Gasteiger partial charge in [0, 0.05) is 37.8 Å². The van der Waals surface area contributed by atoms with Gasteiger partial charge in [0.2, 0.25) is 5.91 Å². The average Bonchev–Trinajstić information content (AvgIpc) is 2.87. The van der Waals surface area contributed by atoms with Gasteiger partial charge >= 0.3 is 0 Å². The van der Waals surface area contributed by atoms with Crippen molar-refractivity contribution < 1.29 is 24.0 Å². The highest BCUT2D eigenvalue weighted by molar-refractivity contribution is 6.22. The van der Waals surface area contributed by atoms with Crippen LogP contribution in [0.1, 0.15) is 20.3 Å². The van der Waals surface area contributed by atoms with Crippen molar-refractivity contribution in [3.05, 3.63) is 24.3 Å². The molecular weight excluding hydrogens is 264 g/mol. The molecule has 5 amide bonds. The fourth-order valence-corrected chi connectivity index (χ4v) is 1.59. The van der Waals surface area contributed by atoms with Crippen LogP contribution in [0.3, 0.4) is 0 Å². The SMILES string of the molecule is CC(=O)N1C(=O)C=CC1=O.CCCN1C(=O)C=CC1=O. The molecule has 0 aromatic heterocycles. The van der Waals surface area contributed by atoms with Crippen molar-refractivity contribution >= 4 is 29.5 Å². The summed E-state index contributed by atoms with van der Waals surface area (Å²) in [6.45, 7) is 3.63. The van der Waals surface area contributed by atoms with Crippen LogP contribution in [0.15, 0.2) is 24.3 Å². The minimum absolute atomic E-state index is 0.188. The minimum Gasteiger partial charge on any atom is -0.275 e. The van der Waals surface area contributed by atoms with Gasteiger partial charge in [0.1, 0.15) is 0 Å². The molecule has 0 saturated carbocycles. The average molecular weight is 278 g/mol. The van der Waals surface area contributed by atoms with Gasteiger partial charge < -0.3 is 0 Å². The summed E-state index contributed by atoms with van der Waals surface area (Å²) >= 11 is 0. The fraction of sp³-hybridized carbons (Fsp3) is 0.308. The lowest BCUT2D eigenvalue weighted by Crippen LogP contribution is -2.34. The van der Waals surface area contributed by atoms with E-state index < -0.39 is 17.7 Å². The summed E-state index contributed by atoms with van der Waals surface area (Å²) < 4.78 is 0. The number of nitrogens with zero attached hydrogens (tertiary/aromatic N) is 2. The minimum atomic E-state index is -0.558.